The van der Waals surface area contributed by atoms with Crippen LogP contribution in [0.15, 0.2) is 24.4 Å². The van der Waals surface area contributed by atoms with Crippen molar-refractivity contribution in [3.8, 4) is 0 Å². The lowest BCUT2D eigenvalue weighted by Gasteiger charge is -2.23. The van der Waals surface area contributed by atoms with Gasteiger partial charge in [-0.15, -0.1) is 0 Å². The highest BCUT2D eigenvalue weighted by atomic mass is 15.2. The monoisotopic (exact) mass is 264 g/mol. The molecule has 0 fully saturated rings. The lowest BCUT2D eigenvalue weighted by atomic mass is 10.3. The molecule has 0 radical (unpaired) electrons. The first-order valence-electron chi connectivity index (χ1n) is 7.20. The molecule has 19 heavy (non-hydrogen) atoms. The van der Waals surface area contributed by atoms with Crippen molar-refractivity contribution < 1.29 is 0 Å². The van der Waals surface area contributed by atoms with Crippen molar-refractivity contribution in [2.75, 3.05) is 46.8 Å². The van der Waals surface area contributed by atoms with Gasteiger partial charge in [-0.25, -0.2) is 0 Å². The first-order chi connectivity index (χ1) is 9.22. The first kappa shape index (κ1) is 16.1. The number of rotatable bonds is 10. The number of pyridine rings is 1. The molecule has 108 valence electrons. The Morgan fingerprint density at radius 3 is 2.58 bits per heavy atom. The van der Waals surface area contributed by atoms with Gasteiger partial charge in [0.25, 0.3) is 0 Å². The van der Waals surface area contributed by atoms with Gasteiger partial charge in [-0.2, -0.15) is 0 Å². The van der Waals surface area contributed by atoms with Crippen molar-refractivity contribution >= 4 is 0 Å². The van der Waals surface area contributed by atoms with Gasteiger partial charge in [0.15, 0.2) is 0 Å². The molecule has 1 heterocycles. The maximum atomic E-state index is 4.31. The van der Waals surface area contributed by atoms with Crippen LogP contribution in [-0.2, 0) is 6.54 Å². The lowest BCUT2D eigenvalue weighted by molar-refractivity contribution is 0.241. The Balaban J connectivity index is 2.17. The van der Waals surface area contributed by atoms with Crippen LogP contribution in [0, 0.1) is 0 Å². The Morgan fingerprint density at radius 2 is 1.95 bits per heavy atom. The number of nitrogens with zero attached hydrogens (tertiary/aromatic N) is 3. The van der Waals surface area contributed by atoms with E-state index in [-0.39, 0.29) is 0 Å². The average Bonchev–Trinajstić information content (AvgIpc) is 2.41. The fourth-order valence-electron chi connectivity index (χ4n) is 1.95. The van der Waals surface area contributed by atoms with Crippen LogP contribution in [0.1, 0.15) is 19.0 Å². The molecule has 0 atom stereocenters. The third kappa shape index (κ3) is 7.93. The molecule has 0 saturated heterocycles. The molecule has 0 spiro atoms. The standard InChI is InChI=1S/C15H28N4/c1-4-10-19(13-12-18(2)3)11-9-16-14-15-7-5-6-8-17-15/h5-8,16H,4,9-14H2,1-3H3. The molecule has 0 amide bonds. The zero-order valence-corrected chi connectivity index (χ0v) is 12.6. The van der Waals surface area contributed by atoms with Gasteiger partial charge >= 0.3 is 0 Å². The first-order valence-corrected chi connectivity index (χ1v) is 7.20. The molecule has 1 aromatic heterocycles. The highest BCUT2D eigenvalue weighted by molar-refractivity contribution is 5.02. The van der Waals surface area contributed by atoms with E-state index in [0.717, 1.165) is 38.4 Å². The third-order valence-electron chi connectivity index (χ3n) is 3.04. The van der Waals surface area contributed by atoms with E-state index in [1.54, 1.807) is 0 Å². The molecule has 0 bridgehead atoms. The Kier molecular flexibility index (Phi) is 8.38. The van der Waals surface area contributed by atoms with Crippen LogP contribution in [0.3, 0.4) is 0 Å². The van der Waals surface area contributed by atoms with Gasteiger partial charge in [-0.05, 0) is 39.2 Å². The van der Waals surface area contributed by atoms with Crippen LogP contribution in [-0.4, -0.2) is 61.6 Å². The quantitative estimate of drug-likeness (QED) is 0.648. The third-order valence-corrected chi connectivity index (χ3v) is 3.04. The predicted octanol–water partition coefficient (Wildman–Crippen LogP) is 1.44. The average molecular weight is 264 g/mol. The van der Waals surface area contributed by atoms with Crippen molar-refractivity contribution in [2.24, 2.45) is 0 Å². The van der Waals surface area contributed by atoms with Crippen LogP contribution in [0.5, 0.6) is 0 Å². The minimum Gasteiger partial charge on any atom is -0.310 e. The summed E-state index contributed by atoms with van der Waals surface area (Å²) in [5.41, 5.74) is 1.11. The Morgan fingerprint density at radius 1 is 1.11 bits per heavy atom. The smallest absolute Gasteiger partial charge is 0.0541 e. The summed E-state index contributed by atoms with van der Waals surface area (Å²) in [6, 6.07) is 6.04. The molecule has 0 aliphatic carbocycles. The second kappa shape index (κ2) is 9.89. The summed E-state index contributed by atoms with van der Waals surface area (Å²) >= 11 is 0. The SMILES string of the molecule is CCCN(CCNCc1ccccn1)CCN(C)C. The summed E-state index contributed by atoms with van der Waals surface area (Å²) in [6.45, 7) is 8.67. The molecular weight excluding hydrogens is 236 g/mol. The fourth-order valence-corrected chi connectivity index (χ4v) is 1.95. The fraction of sp³-hybridized carbons (Fsp3) is 0.667. The van der Waals surface area contributed by atoms with E-state index in [9.17, 15) is 0 Å². The van der Waals surface area contributed by atoms with Crippen LogP contribution in [0.4, 0.5) is 0 Å². The minimum absolute atomic E-state index is 0.856. The van der Waals surface area contributed by atoms with E-state index in [4.69, 9.17) is 0 Å². The summed E-state index contributed by atoms with van der Waals surface area (Å²) in [5, 5.41) is 3.46. The van der Waals surface area contributed by atoms with Crippen molar-refractivity contribution in [3.63, 3.8) is 0 Å². The maximum absolute atomic E-state index is 4.31. The van der Waals surface area contributed by atoms with E-state index in [0.29, 0.717) is 0 Å². The van der Waals surface area contributed by atoms with Gasteiger partial charge in [0.05, 0.1) is 5.69 Å². The molecule has 0 aliphatic rings. The minimum atomic E-state index is 0.856. The summed E-state index contributed by atoms with van der Waals surface area (Å²) in [6.07, 6.45) is 3.06. The van der Waals surface area contributed by atoms with E-state index >= 15 is 0 Å². The Hall–Kier alpha value is -0.970. The molecule has 1 aromatic rings. The second-order valence-electron chi connectivity index (χ2n) is 5.14. The maximum Gasteiger partial charge on any atom is 0.0541 e. The number of hydrogen-bond acceptors (Lipinski definition) is 4. The van der Waals surface area contributed by atoms with Crippen LogP contribution in [0.25, 0.3) is 0 Å². The van der Waals surface area contributed by atoms with E-state index in [2.05, 4.69) is 47.2 Å². The van der Waals surface area contributed by atoms with Gasteiger partial charge < -0.3 is 15.1 Å². The molecule has 0 unspecified atom stereocenters. The van der Waals surface area contributed by atoms with Crippen molar-refractivity contribution in [3.05, 3.63) is 30.1 Å². The molecular formula is C15H28N4. The highest BCUT2D eigenvalue weighted by Gasteiger charge is 2.03. The van der Waals surface area contributed by atoms with Crippen molar-refractivity contribution in [1.82, 2.24) is 20.1 Å². The molecule has 0 saturated carbocycles. The van der Waals surface area contributed by atoms with Gasteiger partial charge in [0.1, 0.15) is 0 Å². The molecule has 4 nitrogen and oxygen atoms in total. The van der Waals surface area contributed by atoms with Gasteiger partial charge in [-0.3, -0.25) is 4.98 Å². The molecule has 0 aromatic carbocycles. The zero-order valence-electron chi connectivity index (χ0n) is 12.6. The number of likely N-dealkylation sites (N-methyl/N-ethyl adjacent to an activating group) is 1. The summed E-state index contributed by atoms with van der Waals surface area (Å²) in [4.78, 5) is 9.07. The van der Waals surface area contributed by atoms with Gasteiger partial charge in [0.2, 0.25) is 0 Å². The van der Waals surface area contributed by atoms with E-state index < -0.39 is 0 Å². The highest BCUT2D eigenvalue weighted by Crippen LogP contribution is 1.94. The topological polar surface area (TPSA) is 31.4 Å². The van der Waals surface area contributed by atoms with Crippen LogP contribution in [0.2, 0.25) is 0 Å². The van der Waals surface area contributed by atoms with Gasteiger partial charge in [0, 0.05) is 38.9 Å². The summed E-state index contributed by atoms with van der Waals surface area (Å²) in [5.74, 6) is 0. The van der Waals surface area contributed by atoms with Gasteiger partial charge in [-0.1, -0.05) is 13.0 Å². The Bertz CT molecular complexity index is 313. The largest absolute Gasteiger partial charge is 0.310 e. The van der Waals surface area contributed by atoms with Crippen molar-refractivity contribution in [1.29, 1.82) is 0 Å². The number of aromatic nitrogens is 1. The van der Waals surface area contributed by atoms with Crippen molar-refractivity contribution in [2.45, 2.75) is 19.9 Å². The molecule has 1 N–H and O–H groups in total. The summed E-state index contributed by atoms with van der Waals surface area (Å²) < 4.78 is 0. The van der Waals surface area contributed by atoms with E-state index in [1.165, 1.54) is 13.0 Å². The summed E-state index contributed by atoms with van der Waals surface area (Å²) in [7, 11) is 4.26. The zero-order chi connectivity index (χ0) is 13.9. The van der Waals surface area contributed by atoms with Crippen LogP contribution < -0.4 is 5.32 Å². The number of hydrogen-bond donors (Lipinski definition) is 1. The van der Waals surface area contributed by atoms with Crippen LogP contribution >= 0.6 is 0 Å². The van der Waals surface area contributed by atoms with E-state index in [1.807, 2.05) is 18.3 Å². The number of nitrogens with one attached hydrogen (secondary N) is 1. The Labute approximate surface area is 117 Å². The predicted molar refractivity (Wildman–Crippen MR) is 81.2 cm³/mol. The lowest BCUT2D eigenvalue weighted by Crippen LogP contribution is -2.37. The molecule has 4 heteroatoms. The molecule has 0 aliphatic heterocycles. The normalized spacial score (nSPS) is 11.4. The second-order valence-corrected chi connectivity index (χ2v) is 5.14. The molecule has 1 rings (SSSR count).